The van der Waals surface area contributed by atoms with Crippen molar-refractivity contribution in [2.45, 2.75) is 12.8 Å². The first-order valence-electron chi connectivity index (χ1n) is 6.79. The molecule has 0 aliphatic rings. The number of nitro benzene ring substituents is 1. The number of nitrogens with one attached hydrogen (secondary N) is 1. The highest BCUT2D eigenvalue weighted by molar-refractivity contribution is 6.30. The molecule has 0 unspecified atom stereocenters. The maximum atomic E-state index is 11.8. The van der Waals surface area contributed by atoms with Gasteiger partial charge in [-0.25, -0.2) is 0 Å². The van der Waals surface area contributed by atoms with E-state index in [1.165, 1.54) is 12.1 Å². The van der Waals surface area contributed by atoms with Gasteiger partial charge in [0.05, 0.1) is 11.3 Å². The quantitative estimate of drug-likeness (QED) is 0.657. The van der Waals surface area contributed by atoms with E-state index in [1.54, 1.807) is 18.2 Å². The van der Waals surface area contributed by atoms with E-state index >= 15 is 0 Å². The van der Waals surface area contributed by atoms with Gasteiger partial charge in [0, 0.05) is 23.7 Å². The fourth-order valence-corrected chi connectivity index (χ4v) is 2.24. The fraction of sp³-hybridized carbons (Fsp3) is 0.188. The lowest BCUT2D eigenvalue weighted by atomic mass is 10.1. The molecule has 2 rings (SSSR count). The van der Waals surface area contributed by atoms with E-state index in [4.69, 9.17) is 11.6 Å². The van der Waals surface area contributed by atoms with E-state index in [1.807, 2.05) is 18.2 Å². The molecule has 0 bridgehead atoms. The van der Waals surface area contributed by atoms with Crippen LogP contribution in [0.5, 0.6) is 0 Å². The lowest BCUT2D eigenvalue weighted by molar-refractivity contribution is -0.384. The van der Waals surface area contributed by atoms with Crippen molar-refractivity contribution in [2.24, 2.45) is 0 Å². The molecule has 0 aromatic heterocycles. The molecule has 1 amide bonds. The third-order valence-corrected chi connectivity index (χ3v) is 3.37. The van der Waals surface area contributed by atoms with Gasteiger partial charge in [-0.2, -0.15) is 0 Å². The second-order valence-electron chi connectivity index (χ2n) is 4.83. The number of non-ortho nitro benzene ring substituents is 1. The molecule has 2 aromatic rings. The van der Waals surface area contributed by atoms with Gasteiger partial charge in [-0.15, -0.1) is 0 Å². The molecule has 0 atom stereocenters. The van der Waals surface area contributed by atoms with Gasteiger partial charge in [0.25, 0.3) is 5.69 Å². The number of rotatable bonds is 6. The van der Waals surface area contributed by atoms with E-state index in [9.17, 15) is 14.9 Å². The van der Waals surface area contributed by atoms with Crippen LogP contribution in [0.3, 0.4) is 0 Å². The van der Waals surface area contributed by atoms with Crippen LogP contribution >= 0.6 is 11.6 Å². The van der Waals surface area contributed by atoms with Crippen LogP contribution in [0.15, 0.2) is 48.5 Å². The van der Waals surface area contributed by atoms with Gasteiger partial charge in [-0.1, -0.05) is 35.9 Å². The molecule has 2 aromatic carbocycles. The summed E-state index contributed by atoms with van der Waals surface area (Å²) < 4.78 is 0. The average molecular weight is 319 g/mol. The normalized spacial score (nSPS) is 10.2. The first-order chi connectivity index (χ1) is 10.5. The maximum Gasteiger partial charge on any atom is 0.269 e. The first-order valence-corrected chi connectivity index (χ1v) is 7.17. The van der Waals surface area contributed by atoms with Crippen molar-refractivity contribution in [3.05, 3.63) is 74.8 Å². The van der Waals surface area contributed by atoms with E-state index in [0.717, 1.165) is 11.1 Å². The number of benzene rings is 2. The molecule has 0 aliphatic heterocycles. The molecule has 5 nitrogen and oxygen atoms in total. The van der Waals surface area contributed by atoms with Crippen molar-refractivity contribution in [3.63, 3.8) is 0 Å². The molecule has 0 saturated carbocycles. The lowest BCUT2D eigenvalue weighted by Crippen LogP contribution is -2.27. The molecule has 0 aliphatic carbocycles. The molecule has 0 fully saturated rings. The number of halogens is 1. The van der Waals surface area contributed by atoms with Crippen molar-refractivity contribution in [2.75, 3.05) is 6.54 Å². The van der Waals surface area contributed by atoms with Crippen molar-refractivity contribution in [3.8, 4) is 0 Å². The van der Waals surface area contributed by atoms with Crippen molar-refractivity contribution in [1.29, 1.82) is 0 Å². The van der Waals surface area contributed by atoms with Gasteiger partial charge >= 0.3 is 0 Å². The molecule has 6 heteroatoms. The number of amides is 1. The van der Waals surface area contributed by atoms with Crippen molar-refractivity contribution < 1.29 is 9.72 Å². The van der Waals surface area contributed by atoms with Crippen LogP contribution in [-0.2, 0) is 17.6 Å². The van der Waals surface area contributed by atoms with Gasteiger partial charge < -0.3 is 5.32 Å². The summed E-state index contributed by atoms with van der Waals surface area (Å²) in [6, 6.07) is 13.5. The number of carbonyl (C=O) groups is 1. The van der Waals surface area contributed by atoms with E-state index in [0.29, 0.717) is 18.0 Å². The topological polar surface area (TPSA) is 72.2 Å². The molecular weight excluding hydrogens is 304 g/mol. The minimum Gasteiger partial charge on any atom is -0.355 e. The summed E-state index contributed by atoms with van der Waals surface area (Å²) in [4.78, 5) is 21.9. The van der Waals surface area contributed by atoms with Gasteiger partial charge in [-0.05, 0) is 29.7 Å². The molecule has 0 saturated heterocycles. The second-order valence-corrected chi connectivity index (χ2v) is 5.27. The van der Waals surface area contributed by atoms with Crippen LogP contribution in [0.25, 0.3) is 0 Å². The van der Waals surface area contributed by atoms with Gasteiger partial charge in [-0.3, -0.25) is 14.9 Å². The molecule has 0 heterocycles. The van der Waals surface area contributed by atoms with Crippen LogP contribution in [0.4, 0.5) is 5.69 Å². The Labute approximate surface area is 133 Å². The summed E-state index contributed by atoms with van der Waals surface area (Å²) in [7, 11) is 0. The Morgan fingerprint density at radius 1 is 1.14 bits per heavy atom. The highest BCUT2D eigenvalue weighted by atomic mass is 35.5. The number of hydrogen-bond acceptors (Lipinski definition) is 3. The molecule has 22 heavy (non-hydrogen) atoms. The van der Waals surface area contributed by atoms with Gasteiger partial charge in [0.2, 0.25) is 5.91 Å². The van der Waals surface area contributed by atoms with Crippen molar-refractivity contribution >= 4 is 23.2 Å². The zero-order chi connectivity index (χ0) is 15.9. The molecule has 114 valence electrons. The van der Waals surface area contributed by atoms with Crippen molar-refractivity contribution in [1.82, 2.24) is 5.32 Å². The summed E-state index contributed by atoms with van der Waals surface area (Å²) >= 11 is 5.89. The summed E-state index contributed by atoms with van der Waals surface area (Å²) in [6.45, 7) is 0.520. The van der Waals surface area contributed by atoms with E-state index in [-0.39, 0.29) is 18.0 Å². The second kappa shape index (κ2) is 7.56. The molecule has 0 spiro atoms. The highest BCUT2D eigenvalue weighted by Gasteiger charge is 2.07. The average Bonchev–Trinajstić information content (AvgIpc) is 2.48. The van der Waals surface area contributed by atoms with Gasteiger partial charge in [0.1, 0.15) is 0 Å². The van der Waals surface area contributed by atoms with Crippen LogP contribution in [0, 0.1) is 10.1 Å². The SMILES string of the molecule is O=C(Cc1ccc([N+](=O)[O-])cc1)NCCc1cccc(Cl)c1. The standard InChI is InChI=1S/C16H15ClN2O3/c17-14-3-1-2-12(10-14)8-9-18-16(20)11-13-4-6-15(7-5-13)19(21)22/h1-7,10H,8-9,11H2,(H,18,20). The first kappa shape index (κ1) is 16.0. The van der Waals surface area contributed by atoms with E-state index in [2.05, 4.69) is 5.32 Å². The summed E-state index contributed by atoms with van der Waals surface area (Å²) in [5.41, 5.74) is 1.82. The summed E-state index contributed by atoms with van der Waals surface area (Å²) in [6.07, 6.45) is 0.903. The Balaban J connectivity index is 1.79. The van der Waals surface area contributed by atoms with Gasteiger partial charge in [0.15, 0.2) is 0 Å². The Morgan fingerprint density at radius 2 is 1.86 bits per heavy atom. The Kier molecular flexibility index (Phi) is 5.49. The summed E-state index contributed by atoms with van der Waals surface area (Å²) in [5, 5.41) is 14.0. The number of carbonyl (C=O) groups excluding carboxylic acids is 1. The molecular formula is C16H15ClN2O3. The summed E-state index contributed by atoms with van der Waals surface area (Å²) in [5.74, 6) is -0.115. The van der Waals surface area contributed by atoms with Crippen LogP contribution in [-0.4, -0.2) is 17.4 Å². The number of nitrogens with zero attached hydrogens (tertiary/aromatic N) is 1. The molecule has 0 radical (unpaired) electrons. The third kappa shape index (κ3) is 4.86. The van der Waals surface area contributed by atoms with Crippen LogP contribution < -0.4 is 5.32 Å². The highest BCUT2D eigenvalue weighted by Crippen LogP contribution is 2.12. The van der Waals surface area contributed by atoms with Crippen LogP contribution in [0.1, 0.15) is 11.1 Å². The Hall–Kier alpha value is -2.40. The Bertz CT molecular complexity index is 671. The minimum absolute atomic E-state index is 0.0186. The molecule has 1 N–H and O–H groups in total. The minimum atomic E-state index is -0.463. The zero-order valence-electron chi connectivity index (χ0n) is 11.8. The monoisotopic (exact) mass is 318 g/mol. The maximum absolute atomic E-state index is 11.8. The van der Waals surface area contributed by atoms with Crippen LogP contribution in [0.2, 0.25) is 5.02 Å². The largest absolute Gasteiger partial charge is 0.355 e. The number of hydrogen-bond donors (Lipinski definition) is 1. The van der Waals surface area contributed by atoms with E-state index < -0.39 is 4.92 Å². The smallest absolute Gasteiger partial charge is 0.269 e. The predicted octanol–water partition coefficient (Wildman–Crippen LogP) is 3.15. The zero-order valence-corrected chi connectivity index (χ0v) is 12.5. The third-order valence-electron chi connectivity index (χ3n) is 3.14. The Morgan fingerprint density at radius 3 is 2.50 bits per heavy atom. The number of nitro groups is 1. The fourth-order valence-electron chi connectivity index (χ4n) is 2.02. The lowest BCUT2D eigenvalue weighted by Gasteiger charge is -2.06. The predicted molar refractivity (Wildman–Crippen MR) is 85.0 cm³/mol.